The number of carboxylic acid groups (broad SMARTS) is 1. The summed E-state index contributed by atoms with van der Waals surface area (Å²) in [6, 6.07) is 7.14. The molecule has 1 N–H and O–H groups in total. The minimum Gasteiger partial charge on any atom is -0.481 e. The summed E-state index contributed by atoms with van der Waals surface area (Å²) < 4.78 is 13.4. The van der Waals surface area contributed by atoms with Crippen LogP contribution < -0.4 is 0 Å². The van der Waals surface area contributed by atoms with Crippen molar-refractivity contribution in [1.82, 2.24) is 4.90 Å². The molecule has 0 aromatic heterocycles. The minimum absolute atomic E-state index is 0.178. The highest BCUT2D eigenvalue weighted by atomic mass is 19.1. The minimum atomic E-state index is -0.705. The van der Waals surface area contributed by atoms with Crippen molar-refractivity contribution in [3.8, 4) is 0 Å². The summed E-state index contributed by atoms with van der Waals surface area (Å²) in [5, 5.41) is 8.75. The molecule has 0 radical (unpaired) electrons. The van der Waals surface area contributed by atoms with E-state index in [4.69, 9.17) is 5.11 Å². The van der Waals surface area contributed by atoms with Gasteiger partial charge in [-0.25, -0.2) is 4.39 Å². The van der Waals surface area contributed by atoms with Crippen molar-refractivity contribution in [1.29, 1.82) is 0 Å². The summed E-state index contributed by atoms with van der Waals surface area (Å²) in [6.07, 6.45) is 4.09. The fourth-order valence-electron chi connectivity index (χ4n) is 3.30. The van der Waals surface area contributed by atoms with Crippen molar-refractivity contribution in [3.05, 3.63) is 35.6 Å². The Bertz CT molecular complexity index is 470. The van der Waals surface area contributed by atoms with Crippen LogP contribution in [-0.2, 0) is 4.79 Å². The van der Waals surface area contributed by atoms with Gasteiger partial charge < -0.3 is 5.11 Å². The molecule has 116 valence electrons. The Morgan fingerprint density at radius 3 is 2.71 bits per heavy atom. The van der Waals surface area contributed by atoms with Crippen molar-refractivity contribution in [2.45, 2.75) is 45.1 Å². The first kappa shape index (κ1) is 16.0. The Kier molecular flexibility index (Phi) is 5.74. The van der Waals surface area contributed by atoms with E-state index in [9.17, 15) is 9.18 Å². The lowest BCUT2D eigenvalue weighted by molar-refractivity contribution is -0.137. The first-order chi connectivity index (χ1) is 10.1. The Balaban J connectivity index is 1.92. The largest absolute Gasteiger partial charge is 0.481 e. The maximum absolute atomic E-state index is 13.4. The highest BCUT2D eigenvalue weighted by molar-refractivity contribution is 5.66. The zero-order valence-electron chi connectivity index (χ0n) is 12.6. The maximum Gasteiger partial charge on any atom is 0.303 e. The van der Waals surface area contributed by atoms with Gasteiger partial charge in [0.2, 0.25) is 0 Å². The normalized spacial score (nSPS) is 18.6. The quantitative estimate of drug-likeness (QED) is 0.866. The number of carbonyl (C=O) groups is 1. The SMILES string of the molecule is CCC(c1cccc(F)c1)N1CCC(CCC(=O)O)CC1. The van der Waals surface area contributed by atoms with E-state index in [1.54, 1.807) is 12.1 Å². The van der Waals surface area contributed by atoms with E-state index < -0.39 is 5.97 Å². The second-order valence-electron chi connectivity index (χ2n) is 5.89. The molecule has 1 heterocycles. The predicted molar refractivity (Wildman–Crippen MR) is 80.6 cm³/mol. The Hall–Kier alpha value is -1.42. The molecule has 0 bridgehead atoms. The number of hydrogen-bond acceptors (Lipinski definition) is 2. The third-order valence-corrected chi connectivity index (χ3v) is 4.48. The summed E-state index contributed by atoms with van der Waals surface area (Å²) in [6.45, 7) is 4.07. The van der Waals surface area contributed by atoms with Gasteiger partial charge in [0.25, 0.3) is 0 Å². The Morgan fingerprint density at radius 2 is 2.14 bits per heavy atom. The Morgan fingerprint density at radius 1 is 1.43 bits per heavy atom. The summed E-state index contributed by atoms with van der Waals surface area (Å²) in [7, 11) is 0. The molecule has 1 aromatic rings. The van der Waals surface area contributed by atoms with Crippen molar-refractivity contribution >= 4 is 5.97 Å². The predicted octanol–water partition coefficient (Wildman–Crippen LogP) is 3.85. The number of hydrogen-bond donors (Lipinski definition) is 1. The summed E-state index contributed by atoms with van der Waals surface area (Å²) in [5.41, 5.74) is 1.04. The molecule has 2 rings (SSSR count). The fraction of sp³-hybridized carbons (Fsp3) is 0.588. The van der Waals surface area contributed by atoms with E-state index in [0.717, 1.165) is 44.3 Å². The van der Waals surface area contributed by atoms with Crippen LogP contribution in [0.4, 0.5) is 4.39 Å². The molecule has 0 aliphatic carbocycles. The van der Waals surface area contributed by atoms with Crippen LogP contribution >= 0.6 is 0 Å². The molecule has 0 spiro atoms. The number of carboxylic acids is 1. The van der Waals surface area contributed by atoms with Crippen LogP contribution in [0.5, 0.6) is 0 Å². The second kappa shape index (κ2) is 7.55. The Labute approximate surface area is 125 Å². The summed E-state index contributed by atoms with van der Waals surface area (Å²) >= 11 is 0. The molecule has 1 fully saturated rings. The zero-order valence-corrected chi connectivity index (χ0v) is 12.6. The van der Waals surface area contributed by atoms with E-state index in [1.165, 1.54) is 6.07 Å². The maximum atomic E-state index is 13.4. The molecule has 1 aliphatic heterocycles. The molecule has 1 aliphatic rings. The van der Waals surface area contributed by atoms with Gasteiger partial charge in [0, 0.05) is 12.5 Å². The van der Waals surface area contributed by atoms with E-state index in [0.29, 0.717) is 5.92 Å². The molecule has 3 nitrogen and oxygen atoms in total. The van der Waals surface area contributed by atoms with Gasteiger partial charge in [0.15, 0.2) is 0 Å². The standard InChI is InChI=1S/C17H24FNO2/c1-2-16(14-4-3-5-15(18)12-14)19-10-8-13(9-11-19)6-7-17(20)21/h3-5,12-13,16H,2,6-11H2,1H3,(H,20,21). The fourth-order valence-corrected chi connectivity index (χ4v) is 3.30. The van der Waals surface area contributed by atoms with Gasteiger partial charge in [-0.05, 0) is 62.4 Å². The van der Waals surface area contributed by atoms with Gasteiger partial charge in [-0.3, -0.25) is 9.69 Å². The van der Waals surface area contributed by atoms with Gasteiger partial charge in [0.05, 0.1) is 0 Å². The third kappa shape index (κ3) is 4.53. The van der Waals surface area contributed by atoms with E-state index in [2.05, 4.69) is 11.8 Å². The van der Waals surface area contributed by atoms with Crippen LogP contribution in [-0.4, -0.2) is 29.1 Å². The average Bonchev–Trinajstić information content (AvgIpc) is 2.47. The lowest BCUT2D eigenvalue weighted by Crippen LogP contribution is -2.36. The van der Waals surface area contributed by atoms with Gasteiger partial charge in [-0.15, -0.1) is 0 Å². The van der Waals surface area contributed by atoms with E-state index in [-0.39, 0.29) is 18.3 Å². The lowest BCUT2D eigenvalue weighted by atomic mass is 9.90. The van der Waals surface area contributed by atoms with Crippen molar-refractivity contribution in [2.24, 2.45) is 5.92 Å². The number of nitrogens with zero attached hydrogens (tertiary/aromatic N) is 1. The monoisotopic (exact) mass is 293 g/mol. The van der Waals surface area contributed by atoms with Crippen LogP contribution in [0.2, 0.25) is 0 Å². The number of rotatable bonds is 6. The van der Waals surface area contributed by atoms with Crippen LogP contribution in [0.15, 0.2) is 24.3 Å². The topological polar surface area (TPSA) is 40.5 Å². The van der Waals surface area contributed by atoms with E-state index in [1.807, 2.05) is 6.07 Å². The van der Waals surface area contributed by atoms with Crippen LogP contribution in [0.25, 0.3) is 0 Å². The molecule has 0 saturated carbocycles. The first-order valence-corrected chi connectivity index (χ1v) is 7.81. The van der Waals surface area contributed by atoms with Gasteiger partial charge in [0.1, 0.15) is 5.82 Å². The first-order valence-electron chi connectivity index (χ1n) is 7.81. The average molecular weight is 293 g/mol. The molecule has 4 heteroatoms. The molecule has 21 heavy (non-hydrogen) atoms. The third-order valence-electron chi connectivity index (χ3n) is 4.48. The molecule has 1 unspecified atom stereocenters. The van der Waals surface area contributed by atoms with Crippen molar-refractivity contribution in [2.75, 3.05) is 13.1 Å². The highest BCUT2D eigenvalue weighted by Crippen LogP contribution is 2.30. The number of halogens is 1. The molecule has 0 amide bonds. The molecule has 1 aromatic carbocycles. The summed E-state index contributed by atoms with van der Waals surface area (Å²) in [4.78, 5) is 13.0. The van der Waals surface area contributed by atoms with E-state index >= 15 is 0 Å². The number of benzene rings is 1. The number of aliphatic carboxylic acids is 1. The number of likely N-dealkylation sites (tertiary alicyclic amines) is 1. The van der Waals surface area contributed by atoms with Crippen molar-refractivity contribution in [3.63, 3.8) is 0 Å². The van der Waals surface area contributed by atoms with Crippen molar-refractivity contribution < 1.29 is 14.3 Å². The molecule has 1 atom stereocenters. The van der Waals surface area contributed by atoms with Crippen LogP contribution in [0.3, 0.4) is 0 Å². The van der Waals surface area contributed by atoms with Crippen LogP contribution in [0, 0.1) is 11.7 Å². The van der Waals surface area contributed by atoms with Gasteiger partial charge in [-0.1, -0.05) is 19.1 Å². The number of piperidine rings is 1. The highest BCUT2D eigenvalue weighted by Gasteiger charge is 2.25. The lowest BCUT2D eigenvalue weighted by Gasteiger charge is -2.37. The second-order valence-corrected chi connectivity index (χ2v) is 5.89. The van der Waals surface area contributed by atoms with Gasteiger partial charge in [-0.2, -0.15) is 0 Å². The molecule has 1 saturated heterocycles. The zero-order chi connectivity index (χ0) is 15.2. The molecular weight excluding hydrogens is 269 g/mol. The summed E-state index contributed by atoms with van der Waals surface area (Å²) in [5.74, 6) is -0.367. The molecular formula is C17H24FNO2. The smallest absolute Gasteiger partial charge is 0.303 e. The van der Waals surface area contributed by atoms with Gasteiger partial charge >= 0.3 is 5.97 Å². The van der Waals surface area contributed by atoms with Crippen LogP contribution in [0.1, 0.15) is 50.6 Å².